The Bertz CT molecular complexity index is 1440. The molecule has 0 saturated heterocycles. The summed E-state index contributed by atoms with van der Waals surface area (Å²) in [6.07, 6.45) is 2.83. The second kappa shape index (κ2) is 12.7. The lowest BCUT2D eigenvalue weighted by molar-refractivity contribution is 0.0702. The van der Waals surface area contributed by atoms with Gasteiger partial charge in [0, 0.05) is 29.4 Å². The van der Waals surface area contributed by atoms with Crippen LogP contribution in [-0.2, 0) is 29.3 Å². The van der Waals surface area contributed by atoms with E-state index in [1.807, 2.05) is 54.6 Å². The molecule has 194 valence electrons. The molecule has 0 aliphatic rings. The number of benzene rings is 2. The summed E-state index contributed by atoms with van der Waals surface area (Å²) in [5.74, 6) is -0.955. The van der Waals surface area contributed by atoms with Gasteiger partial charge in [-0.25, -0.2) is 13.2 Å². The van der Waals surface area contributed by atoms with Gasteiger partial charge in [0.15, 0.2) is 0 Å². The van der Waals surface area contributed by atoms with Crippen molar-refractivity contribution in [2.45, 2.75) is 37.1 Å². The molecule has 0 aliphatic carbocycles. The Morgan fingerprint density at radius 1 is 0.919 bits per heavy atom. The summed E-state index contributed by atoms with van der Waals surface area (Å²) in [6.45, 7) is 0.614. The third-order valence-corrected chi connectivity index (χ3v) is 9.70. The second-order valence-corrected chi connectivity index (χ2v) is 12.5. The molecule has 4 rings (SSSR count). The summed E-state index contributed by atoms with van der Waals surface area (Å²) in [5.41, 5.74) is 2.45. The van der Waals surface area contributed by atoms with Crippen LogP contribution >= 0.6 is 34.7 Å². The van der Waals surface area contributed by atoms with Gasteiger partial charge >= 0.3 is 5.97 Å². The van der Waals surface area contributed by atoms with Crippen LogP contribution in [0.3, 0.4) is 0 Å². The largest absolute Gasteiger partial charge is 0.477 e. The molecule has 2 aromatic carbocycles. The van der Waals surface area contributed by atoms with Crippen molar-refractivity contribution >= 4 is 50.7 Å². The van der Waals surface area contributed by atoms with E-state index in [0.29, 0.717) is 55.9 Å². The Balaban J connectivity index is 1.49. The first kappa shape index (κ1) is 27.4. The first-order valence-electron chi connectivity index (χ1n) is 11.7. The van der Waals surface area contributed by atoms with E-state index in [9.17, 15) is 13.2 Å². The van der Waals surface area contributed by atoms with Gasteiger partial charge in [-0.2, -0.15) is 13.1 Å². The van der Waals surface area contributed by atoms with Crippen LogP contribution in [0.4, 0.5) is 0 Å². The van der Waals surface area contributed by atoms with Crippen molar-refractivity contribution in [2.75, 3.05) is 13.1 Å². The standard InChI is InChI=1S/C26H26ClN3O4S3/c27-21-11-4-9-19(17-21)10-5-15-30(16-6-12-22-13-14-24(35-22)26(31)32)37(33,34)25-23(28-36-29-25)18-20-7-2-1-3-8-20/h1-4,7-9,11,13-14,17H,5-6,10,12,15-16,18H2,(H,31,32). The molecular weight excluding hydrogens is 550 g/mol. The summed E-state index contributed by atoms with van der Waals surface area (Å²) in [4.78, 5) is 12.4. The highest BCUT2D eigenvalue weighted by atomic mass is 35.5. The van der Waals surface area contributed by atoms with E-state index in [1.54, 1.807) is 12.1 Å². The van der Waals surface area contributed by atoms with Crippen LogP contribution in [0.5, 0.6) is 0 Å². The summed E-state index contributed by atoms with van der Waals surface area (Å²) >= 11 is 8.22. The second-order valence-electron chi connectivity index (χ2n) is 8.49. The molecule has 0 aliphatic heterocycles. The van der Waals surface area contributed by atoms with Crippen molar-refractivity contribution in [2.24, 2.45) is 0 Å². The number of halogens is 1. The van der Waals surface area contributed by atoms with Crippen LogP contribution in [0.1, 0.15) is 44.2 Å². The maximum Gasteiger partial charge on any atom is 0.345 e. The zero-order valence-corrected chi connectivity index (χ0v) is 23.1. The zero-order valence-electron chi connectivity index (χ0n) is 19.9. The Morgan fingerprint density at radius 2 is 1.65 bits per heavy atom. The van der Waals surface area contributed by atoms with Crippen molar-refractivity contribution in [3.63, 3.8) is 0 Å². The number of carboxylic acid groups (broad SMARTS) is 1. The Hall–Kier alpha value is -2.63. The van der Waals surface area contributed by atoms with Crippen LogP contribution in [0, 0.1) is 0 Å². The molecule has 0 bridgehead atoms. The highest BCUT2D eigenvalue weighted by Gasteiger charge is 2.30. The van der Waals surface area contributed by atoms with Gasteiger partial charge < -0.3 is 5.11 Å². The molecule has 1 N–H and O–H groups in total. The molecule has 11 heteroatoms. The van der Waals surface area contributed by atoms with Gasteiger partial charge in [0.2, 0.25) is 5.03 Å². The van der Waals surface area contributed by atoms with Gasteiger partial charge in [0.1, 0.15) is 4.88 Å². The summed E-state index contributed by atoms with van der Waals surface area (Å²) in [5, 5.41) is 9.83. The molecule has 0 atom stereocenters. The van der Waals surface area contributed by atoms with E-state index in [-0.39, 0.29) is 9.90 Å². The highest BCUT2D eigenvalue weighted by Crippen LogP contribution is 2.24. The predicted octanol–water partition coefficient (Wildman–Crippen LogP) is 5.80. The third kappa shape index (κ3) is 7.45. The molecule has 2 aromatic heterocycles. The number of aromatic nitrogens is 2. The number of rotatable bonds is 13. The van der Waals surface area contributed by atoms with Gasteiger partial charge in [0.05, 0.1) is 17.4 Å². The molecule has 0 radical (unpaired) electrons. The topological polar surface area (TPSA) is 100 Å². The minimum Gasteiger partial charge on any atom is -0.477 e. The van der Waals surface area contributed by atoms with Crippen LogP contribution in [0.25, 0.3) is 0 Å². The summed E-state index contributed by atoms with van der Waals surface area (Å²) in [6, 6.07) is 20.5. The van der Waals surface area contributed by atoms with Gasteiger partial charge in [-0.1, -0.05) is 54.1 Å². The minimum atomic E-state index is -3.88. The predicted molar refractivity (Wildman–Crippen MR) is 147 cm³/mol. The van der Waals surface area contributed by atoms with E-state index < -0.39 is 16.0 Å². The number of aryl methyl sites for hydroxylation is 2. The average molecular weight is 576 g/mol. The quantitative estimate of drug-likeness (QED) is 0.216. The lowest BCUT2D eigenvalue weighted by Gasteiger charge is -2.21. The molecule has 0 saturated carbocycles. The van der Waals surface area contributed by atoms with Crippen molar-refractivity contribution < 1.29 is 18.3 Å². The monoisotopic (exact) mass is 575 g/mol. The highest BCUT2D eigenvalue weighted by molar-refractivity contribution is 7.89. The fourth-order valence-corrected chi connectivity index (χ4v) is 7.48. The number of aromatic carboxylic acids is 1. The molecule has 0 fully saturated rings. The molecule has 2 heterocycles. The van der Waals surface area contributed by atoms with Crippen molar-refractivity contribution in [1.29, 1.82) is 0 Å². The lowest BCUT2D eigenvalue weighted by Crippen LogP contribution is -2.34. The molecule has 0 unspecified atom stereocenters. The number of carboxylic acids is 1. The van der Waals surface area contributed by atoms with Crippen molar-refractivity contribution in [3.05, 3.63) is 98.3 Å². The number of hydrogen-bond donors (Lipinski definition) is 1. The smallest absolute Gasteiger partial charge is 0.345 e. The molecule has 0 amide bonds. The van der Waals surface area contributed by atoms with Crippen LogP contribution in [-0.4, -0.2) is 45.6 Å². The fourth-order valence-electron chi connectivity index (χ4n) is 3.97. The van der Waals surface area contributed by atoms with E-state index >= 15 is 0 Å². The molecule has 37 heavy (non-hydrogen) atoms. The van der Waals surface area contributed by atoms with Crippen LogP contribution in [0.2, 0.25) is 5.02 Å². The first-order chi connectivity index (χ1) is 17.8. The normalized spacial score (nSPS) is 11.7. The van der Waals surface area contributed by atoms with Gasteiger partial charge in [-0.3, -0.25) is 0 Å². The third-order valence-electron chi connectivity index (χ3n) is 5.79. The van der Waals surface area contributed by atoms with Crippen molar-refractivity contribution in [1.82, 2.24) is 13.1 Å². The van der Waals surface area contributed by atoms with Gasteiger partial charge in [0.25, 0.3) is 10.0 Å². The molecule has 7 nitrogen and oxygen atoms in total. The van der Waals surface area contributed by atoms with E-state index in [2.05, 4.69) is 8.75 Å². The maximum atomic E-state index is 13.8. The molecule has 0 spiro atoms. The Kier molecular flexibility index (Phi) is 9.44. The molecule has 4 aromatic rings. The molecular formula is C26H26ClN3O4S3. The Labute approximate surface area is 229 Å². The number of carbonyl (C=O) groups is 1. The maximum absolute atomic E-state index is 13.8. The van der Waals surface area contributed by atoms with Gasteiger partial charge in [-0.05, 0) is 61.1 Å². The van der Waals surface area contributed by atoms with Crippen LogP contribution < -0.4 is 0 Å². The number of sulfonamides is 1. The fraction of sp³-hybridized carbons (Fsp3) is 0.269. The van der Waals surface area contributed by atoms with Gasteiger partial charge in [-0.15, -0.1) is 11.3 Å². The van der Waals surface area contributed by atoms with E-state index in [4.69, 9.17) is 16.7 Å². The van der Waals surface area contributed by atoms with Crippen LogP contribution in [0.15, 0.2) is 71.8 Å². The summed E-state index contributed by atoms with van der Waals surface area (Å²) < 4.78 is 37.5. The number of hydrogen-bond acceptors (Lipinski definition) is 7. The van der Waals surface area contributed by atoms with E-state index in [0.717, 1.165) is 27.7 Å². The lowest BCUT2D eigenvalue weighted by atomic mass is 10.1. The zero-order chi connectivity index (χ0) is 26.3. The minimum absolute atomic E-state index is 0.00777. The number of thiophene rings is 1. The SMILES string of the molecule is O=C(O)c1ccc(CCCN(CCCc2cccc(Cl)c2)S(=O)(=O)c2nsnc2Cc2ccccc2)s1. The van der Waals surface area contributed by atoms with Crippen molar-refractivity contribution in [3.8, 4) is 0 Å². The first-order valence-corrected chi connectivity index (χ1v) is 15.1. The van der Waals surface area contributed by atoms with E-state index in [1.165, 1.54) is 15.6 Å². The summed E-state index contributed by atoms with van der Waals surface area (Å²) in [7, 11) is -3.88. The number of nitrogens with zero attached hydrogens (tertiary/aromatic N) is 3. The Morgan fingerprint density at radius 3 is 2.35 bits per heavy atom. The average Bonchev–Trinajstić information content (AvgIpc) is 3.54.